The average Bonchev–Trinajstić information content (AvgIpc) is 2.36. The molecule has 20 heavy (non-hydrogen) atoms. The Hall–Kier alpha value is -1.20. The Morgan fingerprint density at radius 2 is 2.15 bits per heavy atom. The van der Waals surface area contributed by atoms with Crippen LogP contribution >= 0.6 is 11.6 Å². The topological polar surface area (TPSA) is 58.1 Å². The number of amides is 1. The fourth-order valence-electron chi connectivity index (χ4n) is 2.50. The molecule has 1 fully saturated rings. The van der Waals surface area contributed by atoms with Crippen molar-refractivity contribution >= 4 is 17.5 Å². The van der Waals surface area contributed by atoms with Crippen molar-refractivity contribution in [3.05, 3.63) is 22.7 Å². The zero-order chi connectivity index (χ0) is 14.5. The van der Waals surface area contributed by atoms with Crippen molar-refractivity contribution < 1.29 is 4.79 Å². The Balaban J connectivity index is 1.80. The number of nitrogens with one attached hydrogen (secondary N) is 1. The lowest BCUT2D eigenvalue weighted by Gasteiger charge is -2.31. The van der Waals surface area contributed by atoms with E-state index in [1.807, 2.05) is 6.92 Å². The van der Waals surface area contributed by atoms with Gasteiger partial charge in [-0.15, -0.1) is 0 Å². The van der Waals surface area contributed by atoms with Gasteiger partial charge in [0.15, 0.2) is 0 Å². The summed E-state index contributed by atoms with van der Waals surface area (Å²) in [5.74, 6) is 1.42. The minimum atomic E-state index is 0.0511. The van der Waals surface area contributed by atoms with Crippen molar-refractivity contribution in [1.29, 1.82) is 0 Å². The highest BCUT2D eigenvalue weighted by atomic mass is 35.5. The maximum absolute atomic E-state index is 10.9. The summed E-state index contributed by atoms with van der Waals surface area (Å²) in [5.41, 5.74) is 0.903. The minimum Gasteiger partial charge on any atom is -0.356 e. The summed E-state index contributed by atoms with van der Waals surface area (Å²) in [6.07, 6.45) is 2.19. The van der Waals surface area contributed by atoms with Gasteiger partial charge in [0, 0.05) is 19.2 Å². The van der Waals surface area contributed by atoms with Crippen molar-refractivity contribution in [2.75, 3.05) is 19.6 Å². The van der Waals surface area contributed by atoms with Gasteiger partial charge >= 0.3 is 0 Å². The lowest BCUT2D eigenvalue weighted by Crippen LogP contribution is -2.38. The SMILES string of the molecule is CC(=O)NCC1CCN(Cc2nc(C)cc(Cl)n2)CC1. The predicted molar refractivity (Wildman–Crippen MR) is 78.5 cm³/mol. The van der Waals surface area contributed by atoms with Gasteiger partial charge in [0.1, 0.15) is 11.0 Å². The van der Waals surface area contributed by atoms with Crippen LogP contribution in [0.4, 0.5) is 0 Å². The van der Waals surface area contributed by atoms with E-state index in [9.17, 15) is 4.79 Å². The van der Waals surface area contributed by atoms with Crippen LogP contribution < -0.4 is 5.32 Å². The fourth-order valence-corrected chi connectivity index (χ4v) is 2.75. The maximum Gasteiger partial charge on any atom is 0.216 e. The summed E-state index contributed by atoms with van der Waals surface area (Å²) >= 11 is 5.95. The molecule has 5 nitrogen and oxygen atoms in total. The quantitative estimate of drug-likeness (QED) is 0.861. The van der Waals surface area contributed by atoms with Gasteiger partial charge in [0.05, 0.1) is 6.54 Å². The van der Waals surface area contributed by atoms with Gasteiger partial charge in [-0.3, -0.25) is 9.69 Å². The van der Waals surface area contributed by atoms with Crippen molar-refractivity contribution in [2.45, 2.75) is 33.2 Å². The second kappa shape index (κ2) is 6.99. The first-order valence-electron chi connectivity index (χ1n) is 7.00. The molecule has 1 aromatic rings. The van der Waals surface area contributed by atoms with Crippen LogP contribution in [0.15, 0.2) is 6.07 Å². The highest BCUT2D eigenvalue weighted by molar-refractivity contribution is 6.29. The summed E-state index contributed by atoms with van der Waals surface area (Å²) in [7, 11) is 0. The van der Waals surface area contributed by atoms with Crippen LogP contribution in [-0.2, 0) is 11.3 Å². The number of halogens is 1. The molecule has 0 bridgehead atoms. The smallest absolute Gasteiger partial charge is 0.216 e. The van der Waals surface area contributed by atoms with Crippen molar-refractivity contribution in [3.8, 4) is 0 Å². The van der Waals surface area contributed by atoms with E-state index in [1.165, 1.54) is 0 Å². The summed E-state index contributed by atoms with van der Waals surface area (Å²) in [4.78, 5) is 21.9. The molecule has 0 radical (unpaired) electrons. The fraction of sp³-hybridized carbons (Fsp3) is 0.643. The predicted octanol–water partition coefficient (Wildman–Crippen LogP) is 1.79. The largest absolute Gasteiger partial charge is 0.356 e. The lowest BCUT2D eigenvalue weighted by atomic mass is 9.97. The molecule has 1 aromatic heterocycles. The number of piperidine rings is 1. The first-order valence-corrected chi connectivity index (χ1v) is 7.37. The Labute approximate surface area is 124 Å². The molecule has 2 rings (SSSR count). The van der Waals surface area contributed by atoms with E-state index in [1.54, 1.807) is 13.0 Å². The highest BCUT2D eigenvalue weighted by Gasteiger charge is 2.20. The van der Waals surface area contributed by atoms with Crippen LogP contribution in [0.2, 0.25) is 5.15 Å². The first-order chi connectivity index (χ1) is 9.52. The molecule has 0 aliphatic carbocycles. The van der Waals surface area contributed by atoms with Gasteiger partial charge in [0.2, 0.25) is 5.91 Å². The second-order valence-corrected chi connectivity index (χ2v) is 5.79. The van der Waals surface area contributed by atoms with E-state index in [2.05, 4.69) is 20.2 Å². The number of aromatic nitrogens is 2. The molecule has 1 aliphatic rings. The number of hydrogen-bond donors (Lipinski definition) is 1. The van der Waals surface area contributed by atoms with Gasteiger partial charge in [-0.05, 0) is 44.8 Å². The van der Waals surface area contributed by atoms with E-state index in [0.717, 1.165) is 50.5 Å². The molecule has 1 aliphatic heterocycles. The third kappa shape index (κ3) is 4.72. The standard InChI is InChI=1S/C14H21ClN4O/c1-10-7-13(15)18-14(17-10)9-19-5-3-12(4-6-19)8-16-11(2)20/h7,12H,3-6,8-9H2,1-2H3,(H,16,20). The Bertz CT molecular complexity index is 452. The number of likely N-dealkylation sites (tertiary alicyclic amines) is 1. The van der Waals surface area contributed by atoms with E-state index in [4.69, 9.17) is 11.6 Å². The highest BCUT2D eigenvalue weighted by Crippen LogP contribution is 2.18. The summed E-state index contributed by atoms with van der Waals surface area (Å²) in [6, 6.07) is 1.77. The van der Waals surface area contributed by atoms with Crippen LogP contribution in [0, 0.1) is 12.8 Å². The summed E-state index contributed by atoms with van der Waals surface area (Å²) < 4.78 is 0. The Morgan fingerprint density at radius 3 is 2.75 bits per heavy atom. The molecule has 1 saturated heterocycles. The lowest BCUT2D eigenvalue weighted by molar-refractivity contribution is -0.119. The molecule has 6 heteroatoms. The molecule has 0 spiro atoms. The molecule has 1 N–H and O–H groups in total. The van der Waals surface area contributed by atoms with Crippen molar-refractivity contribution in [1.82, 2.24) is 20.2 Å². The van der Waals surface area contributed by atoms with E-state index in [-0.39, 0.29) is 5.91 Å². The molecular formula is C14H21ClN4O. The number of nitrogens with zero attached hydrogens (tertiary/aromatic N) is 3. The first kappa shape index (κ1) is 15.2. The van der Waals surface area contributed by atoms with E-state index < -0.39 is 0 Å². The Morgan fingerprint density at radius 1 is 1.45 bits per heavy atom. The molecule has 0 atom stereocenters. The van der Waals surface area contributed by atoms with Crippen LogP contribution in [0.1, 0.15) is 31.3 Å². The molecule has 0 saturated carbocycles. The molecule has 110 valence electrons. The zero-order valence-electron chi connectivity index (χ0n) is 12.0. The number of hydrogen-bond acceptors (Lipinski definition) is 4. The third-order valence-corrected chi connectivity index (χ3v) is 3.77. The van der Waals surface area contributed by atoms with Gasteiger partial charge < -0.3 is 5.32 Å². The minimum absolute atomic E-state index is 0.0511. The van der Waals surface area contributed by atoms with Crippen molar-refractivity contribution in [2.24, 2.45) is 5.92 Å². The van der Waals surface area contributed by atoms with Gasteiger partial charge in [0.25, 0.3) is 0 Å². The number of carbonyl (C=O) groups excluding carboxylic acids is 1. The summed E-state index contributed by atoms with van der Waals surface area (Å²) in [6.45, 7) is 7.05. The van der Waals surface area contributed by atoms with Gasteiger partial charge in [-0.2, -0.15) is 0 Å². The van der Waals surface area contributed by atoms with Gasteiger partial charge in [-0.25, -0.2) is 9.97 Å². The van der Waals surface area contributed by atoms with Gasteiger partial charge in [-0.1, -0.05) is 11.6 Å². The molecule has 0 unspecified atom stereocenters. The molecule has 0 aromatic carbocycles. The van der Waals surface area contributed by atoms with Crippen LogP contribution in [-0.4, -0.2) is 40.4 Å². The monoisotopic (exact) mass is 296 g/mol. The van der Waals surface area contributed by atoms with E-state index >= 15 is 0 Å². The second-order valence-electron chi connectivity index (χ2n) is 5.40. The maximum atomic E-state index is 10.9. The van der Waals surface area contributed by atoms with Crippen molar-refractivity contribution in [3.63, 3.8) is 0 Å². The van der Waals surface area contributed by atoms with Crippen LogP contribution in [0.5, 0.6) is 0 Å². The summed E-state index contributed by atoms with van der Waals surface area (Å²) in [5, 5.41) is 3.40. The Kier molecular flexibility index (Phi) is 5.31. The number of carbonyl (C=O) groups is 1. The third-order valence-electron chi connectivity index (χ3n) is 3.58. The molecule has 2 heterocycles. The van der Waals surface area contributed by atoms with Crippen LogP contribution in [0.25, 0.3) is 0 Å². The average molecular weight is 297 g/mol. The molecular weight excluding hydrogens is 276 g/mol. The number of rotatable bonds is 4. The van der Waals surface area contributed by atoms with E-state index in [0.29, 0.717) is 11.1 Å². The number of aryl methyl sites for hydroxylation is 1. The molecule has 1 amide bonds. The zero-order valence-corrected chi connectivity index (χ0v) is 12.8. The normalized spacial score (nSPS) is 17.1. The van der Waals surface area contributed by atoms with Crippen LogP contribution in [0.3, 0.4) is 0 Å².